The van der Waals surface area contributed by atoms with Crippen LogP contribution in [0.5, 0.6) is 23.0 Å². The standard InChI is InChI=1S/C45H53N9O8.C3H9N/c1-5-48-24-10-14-28(55)38-34(24)42(59)39-29(56)15-11-25(35(39)43(38)60)49-18-20-52-32(46)8-6-7-9-33(47)53-21-19-50-26-12-16-30(57)40-36(26)44(61)41-31(58)17-13-27(37(41)45(40)62)51-22-23-54(2,3)4;1-4(2)3/h10-17H,5-9,18-23H2,1-4H3,(H11-,46,47,48,49,50,51,52,53,55,56,57,58,59,60,61,62);1-3H3/p+2. The number of hydrogen-bond donors (Lipinski definition) is 11. The van der Waals surface area contributed by atoms with E-state index in [2.05, 4.69) is 52.4 Å². The first kappa shape index (κ1) is 49.8. The Hall–Kier alpha value is -7.18. The number of carbonyl (C=O) groups is 4. The summed E-state index contributed by atoms with van der Waals surface area (Å²) in [6.45, 7) is 4.63. The van der Waals surface area contributed by atoms with Crippen LogP contribution in [0.15, 0.2) is 58.5 Å². The number of aliphatic imine (C=N–C) groups is 2. The van der Waals surface area contributed by atoms with Gasteiger partial charge in [-0.25, -0.2) is 0 Å². The van der Waals surface area contributed by atoms with E-state index in [0.717, 1.165) is 6.54 Å². The maximum Gasteiger partial charge on any atom is 0.200 e. The molecule has 6 rings (SSSR count). The van der Waals surface area contributed by atoms with E-state index >= 15 is 0 Å². The maximum absolute atomic E-state index is 13.8. The third-order valence-electron chi connectivity index (χ3n) is 10.6. The number of rotatable bonds is 19. The normalized spacial score (nSPS) is 13.3. The number of likely N-dealkylation sites (N-methyl/N-ethyl adjacent to an activating group) is 1. The molecule has 18 nitrogen and oxygen atoms in total. The minimum atomic E-state index is -0.584. The first-order chi connectivity index (χ1) is 31.3. The minimum absolute atomic E-state index is 0.0186. The molecule has 0 atom stereocenters. The van der Waals surface area contributed by atoms with Crippen molar-refractivity contribution in [2.45, 2.75) is 32.6 Å². The van der Waals surface area contributed by atoms with E-state index in [1.165, 1.54) is 47.4 Å². The zero-order valence-electron chi connectivity index (χ0n) is 38.8. The summed E-state index contributed by atoms with van der Waals surface area (Å²) < 4.78 is 0.675. The Kier molecular flexibility index (Phi) is 16.4. The van der Waals surface area contributed by atoms with Gasteiger partial charge in [0.15, 0.2) is 0 Å². The molecule has 0 fully saturated rings. The Morgan fingerprint density at radius 3 is 1.09 bits per heavy atom. The summed E-state index contributed by atoms with van der Waals surface area (Å²) in [5.74, 6) is -2.78. The predicted octanol–water partition coefficient (Wildman–Crippen LogP) is 3.17. The van der Waals surface area contributed by atoms with E-state index < -0.39 is 23.1 Å². The Labute approximate surface area is 385 Å². The van der Waals surface area contributed by atoms with Crippen molar-refractivity contribution in [1.29, 1.82) is 0 Å². The van der Waals surface area contributed by atoms with Gasteiger partial charge in [0.05, 0.1) is 125 Å². The number of unbranched alkanes of at least 4 members (excludes halogenated alkanes) is 1. The second-order valence-corrected chi connectivity index (χ2v) is 17.6. The van der Waals surface area contributed by atoms with E-state index in [-0.39, 0.29) is 93.7 Å². The van der Waals surface area contributed by atoms with Gasteiger partial charge < -0.3 is 62.5 Å². The largest absolute Gasteiger partial charge is 0.507 e. The van der Waals surface area contributed by atoms with Gasteiger partial charge in [0.25, 0.3) is 0 Å². The van der Waals surface area contributed by atoms with Crippen LogP contribution in [0.3, 0.4) is 0 Å². The van der Waals surface area contributed by atoms with Crippen LogP contribution in [0, 0.1) is 0 Å². The fourth-order valence-corrected chi connectivity index (χ4v) is 7.59. The molecule has 0 heterocycles. The molecule has 66 heavy (non-hydrogen) atoms. The fourth-order valence-electron chi connectivity index (χ4n) is 7.59. The fraction of sp³-hybridized carbons (Fsp3) is 0.375. The number of anilines is 4. The third kappa shape index (κ3) is 11.5. The molecule has 2 aliphatic rings. The molecule has 4 aromatic rings. The number of aromatic hydroxyl groups is 4. The Morgan fingerprint density at radius 2 is 0.803 bits per heavy atom. The van der Waals surface area contributed by atoms with Crippen molar-refractivity contribution in [2.24, 2.45) is 21.5 Å². The van der Waals surface area contributed by atoms with Crippen LogP contribution in [-0.4, -0.2) is 148 Å². The van der Waals surface area contributed by atoms with Gasteiger partial charge >= 0.3 is 0 Å². The molecule has 18 heteroatoms. The smallest absolute Gasteiger partial charge is 0.200 e. The molecule has 0 saturated carbocycles. The number of nitrogens with one attached hydrogen (secondary N) is 5. The molecular weight excluding hydrogens is 845 g/mol. The molecule has 0 bridgehead atoms. The molecule has 0 amide bonds. The lowest BCUT2D eigenvalue weighted by Gasteiger charge is -2.26. The number of ketones is 4. The second kappa shape index (κ2) is 21.7. The molecule has 0 aliphatic heterocycles. The lowest BCUT2D eigenvalue weighted by Crippen LogP contribution is -3.02. The van der Waals surface area contributed by atoms with E-state index in [4.69, 9.17) is 11.5 Å². The number of fused-ring (bicyclic) bond motifs is 4. The number of quaternary nitrogens is 2. The first-order valence-electron chi connectivity index (χ1n) is 22.0. The van der Waals surface area contributed by atoms with Crippen LogP contribution in [0.1, 0.15) is 96.3 Å². The molecule has 0 saturated heterocycles. The topological polar surface area (TPSA) is 279 Å². The minimum Gasteiger partial charge on any atom is -0.507 e. The van der Waals surface area contributed by atoms with Crippen molar-refractivity contribution < 1.29 is 49.0 Å². The lowest BCUT2D eigenvalue weighted by atomic mass is 9.81. The number of benzene rings is 4. The number of amidine groups is 2. The summed E-state index contributed by atoms with van der Waals surface area (Å²) in [5, 5.41) is 55.2. The monoisotopic (exact) mass is 908 g/mol. The van der Waals surface area contributed by atoms with Crippen LogP contribution < -0.4 is 37.6 Å². The van der Waals surface area contributed by atoms with Gasteiger partial charge in [0, 0.05) is 55.2 Å². The Bertz CT molecular complexity index is 2560. The molecule has 4 aromatic carbocycles. The number of hydrogen-bond acceptors (Lipinski definition) is 14. The molecule has 0 spiro atoms. The maximum atomic E-state index is 13.8. The van der Waals surface area contributed by atoms with Crippen LogP contribution in [0.2, 0.25) is 0 Å². The average molecular weight is 909 g/mol. The zero-order valence-corrected chi connectivity index (χ0v) is 38.8. The second-order valence-electron chi connectivity index (χ2n) is 17.6. The van der Waals surface area contributed by atoms with Gasteiger partial charge in [0.2, 0.25) is 23.1 Å². The van der Waals surface area contributed by atoms with Crippen LogP contribution >= 0.6 is 0 Å². The van der Waals surface area contributed by atoms with Crippen molar-refractivity contribution >= 4 is 57.6 Å². The van der Waals surface area contributed by atoms with Crippen molar-refractivity contribution in [3.8, 4) is 23.0 Å². The van der Waals surface area contributed by atoms with Gasteiger partial charge in [-0.05, 0) is 68.3 Å². The van der Waals surface area contributed by atoms with Crippen LogP contribution in [0.25, 0.3) is 0 Å². The quantitative estimate of drug-likeness (QED) is 0.0183. The van der Waals surface area contributed by atoms with Crippen molar-refractivity contribution in [2.75, 3.05) is 109 Å². The third-order valence-corrected chi connectivity index (χ3v) is 10.6. The van der Waals surface area contributed by atoms with Crippen LogP contribution in [0.4, 0.5) is 22.7 Å². The molecule has 0 aromatic heterocycles. The summed E-state index contributed by atoms with van der Waals surface area (Å²) in [6, 6.07) is 11.5. The van der Waals surface area contributed by atoms with Gasteiger partial charge in [0.1, 0.15) is 23.0 Å². The van der Waals surface area contributed by atoms with E-state index in [0.29, 0.717) is 77.7 Å². The van der Waals surface area contributed by atoms with Crippen molar-refractivity contribution in [3.63, 3.8) is 0 Å². The number of phenols is 4. The van der Waals surface area contributed by atoms with Crippen molar-refractivity contribution in [3.05, 3.63) is 93.0 Å². The van der Waals surface area contributed by atoms with Gasteiger partial charge in [-0.2, -0.15) is 0 Å². The van der Waals surface area contributed by atoms with Gasteiger partial charge in [-0.1, -0.05) is 0 Å². The molecule has 0 radical (unpaired) electrons. The average Bonchev–Trinajstić information content (AvgIpc) is 3.24. The van der Waals surface area contributed by atoms with E-state index in [1.54, 1.807) is 6.07 Å². The summed E-state index contributed by atoms with van der Waals surface area (Å²) in [6.07, 6.45) is 2.39. The van der Waals surface area contributed by atoms with Crippen molar-refractivity contribution in [1.82, 2.24) is 0 Å². The predicted molar refractivity (Wildman–Crippen MR) is 259 cm³/mol. The molecule has 352 valence electrons. The molecule has 2 aliphatic carbocycles. The van der Waals surface area contributed by atoms with E-state index in [9.17, 15) is 39.6 Å². The summed E-state index contributed by atoms with van der Waals surface area (Å²) in [5.41, 5.74) is 13.3. The number of carbonyl (C=O) groups excluding carboxylic acids is 4. The number of nitrogens with zero attached hydrogens (tertiary/aromatic N) is 3. The summed E-state index contributed by atoms with van der Waals surface area (Å²) in [4.78, 5) is 65.1. The van der Waals surface area contributed by atoms with Gasteiger partial charge in [-0.3, -0.25) is 29.2 Å². The Morgan fingerprint density at radius 1 is 0.515 bits per heavy atom. The summed E-state index contributed by atoms with van der Waals surface area (Å²) in [7, 11) is 12.3. The number of nitrogens with two attached hydrogens (primary N) is 2. The first-order valence-corrected chi connectivity index (χ1v) is 22.0. The lowest BCUT2D eigenvalue weighted by molar-refractivity contribution is -0.868. The van der Waals surface area contributed by atoms with Crippen LogP contribution in [-0.2, 0) is 0 Å². The number of phenolic OH excluding ortho intramolecular Hbond substituents is 4. The highest BCUT2D eigenvalue weighted by Gasteiger charge is 2.39. The molecule has 0 unspecified atom stereocenters. The highest BCUT2D eigenvalue weighted by molar-refractivity contribution is 6.34. The Balaban J connectivity index is 0.00000196. The molecular formula is C48H64N10O8+2. The highest BCUT2D eigenvalue weighted by Crippen LogP contribution is 2.44. The molecule has 13 N–H and O–H groups in total. The summed E-state index contributed by atoms with van der Waals surface area (Å²) >= 11 is 0. The highest BCUT2D eigenvalue weighted by atomic mass is 16.3. The van der Waals surface area contributed by atoms with Gasteiger partial charge in [-0.15, -0.1) is 0 Å². The SMILES string of the molecule is CCNc1ccc(O)c2c1C(=O)c1c(O)ccc(NCCN=C(N)CCCCC(N)=NCCNc3ccc(O)c4c3C(=O)c3c(O)ccc(NCC[N+](C)(C)C)c3C4=O)c1C2=O.C[NH+](C)C. The van der Waals surface area contributed by atoms with E-state index in [1.807, 2.05) is 28.1 Å². The zero-order chi connectivity index (χ0) is 48.5.